The van der Waals surface area contributed by atoms with Gasteiger partial charge in [-0.1, -0.05) is 13.8 Å². The Balaban J connectivity index is 3.20. The van der Waals surface area contributed by atoms with Crippen molar-refractivity contribution in [2.75, 3.05) is 0 Å². The van der Waals surface area contributed by atoms with Gasteiger partial charge in [0.25, 0.3) is 0 Å². The highest BCUT2D eigenvalue weighted by atomic mass is 16.7. The van der Waals surface area contributed by atoms with Gasteiger partial charge in [0.2, 0.25) is 0 Å². The third-order valence-electron chi connectivity index (χ3n) is 1.37. The van der Waals surface area contributed by atoms with Crippen LogP contribution in [0.15, 0.2) is 5.34 Å². The van der Waals surface area contributed by atoms with E-state index < -0.39 is 0 Å². The zero-order chi connectivity index (χ0) is 7.98. The van der Waals surface area contributed by atoms with Gasteiger partial charge in [0.1, 0.15) is 6.10 Å². The van der Waals surface area contributed by atoms with Crippen LogP contribution in [-0.4, -0.2) is 6.10 Å². The summed E-state index contributed by atoms with van der Waals surface area (Å²) in [4.78, 5) is 14.0. The smallest absolute Gasteiger partial charge is 0.155 e. The lowest BCUT2D eigenvalue weighted by molar-refractivity contribution is 0.0588. The maximum absolute atomic E-state index is 9.59. The molecule has 0 amide bonds. The molecule has 0 N–H and O–H groups in total. The minimum atomic E-state index is -0.0279. The monoisotopic (exact) mass is 145 g/mol. The third kappa shape index (κ3) is 5.54. The molecule has 10 heavy (non-hydrogen) atoms. The minimum Gasteiger partial charge on any atom is -0.361 e. The van der Waals surface area contributed by atoms with E-state index in [4.69, 9.17) is 0 Å². The van der Waals surface area contributed by atoms with E-state index in [0.717, 1.165) is 12.8 Å². The second-order valence-corrected chi connectivity index (χ2v) is 2.96. The first-order chi connectivity index (χ1) is 4.66. The number of hydrogen-bond donors (Lipinski definition) is 0. The Morgan fingerprint density at radius 1 is 1.30 bits per heavy atom. The highest BCUT2D eigenvalue weighted by Gasteiger charge is 2.03. The van der Waals surface area contributed by atoms with Crippen LogP contribution in [0, 0.1) is 10.8 Å². The normalized spacial score (nSPS) is 13.2. The lowest BCUT2D eigenvalue weighted by Gasteiger charge is -2.08. The van der Waals surface area contributed by atoms with Gasteiger partial charge in [-0.2, -0.15) is 0 Å². The molecule has 0 heterocycles. The summed E-state index contributed by atoms with van der Waals surface area (Å²) < 4.78 is 0. The lowest BCUT2D eigenvalue weighted by Crippen LogP contribution is -2.04. The Morgan fingerprint density at radius 3 is 2.30 bits per heavy atom. The molecule has 1 unspecified atom stereocenters. The summed E-state index contributed by atoms with van der Waals surface area (Å²) in [7, 11) is 0. The van der Waals surface area contributed by atoms with Crippen molar-refractivity contribution in [1.29, 1.82) is 0 Å². The van der Waals surface area contributed by atoms with Crippen LogP contribution in [0.5, 0.6) is 0 Å². The summed E-state index contributed by atoms with van der Waals surface area (Å²) in [6, 6.07) is 0. The standard InChI is InChI=1S/C7H15NO2/c1-6(2)4-5-7(3)10-8-9/h6-7H,4-5H2,1-3H3. The van der Waals surface area contributed by atoms with Gasteiger partial charge in [0, 0.05) is 0 Å². The van der Waals surface area contributed by atoms with Crippen molar-refractivity contribution in [1.82, 2.24) is 0 Å². The third-order valence-corrected chi connectivity index (χ3v) is 1.37. The van der Waals surface area contributed by atoms with Crippen LogP contribution in [0.2, 0.25) is 0 Å². The van der Waals surface area contributed by atoms with Crippen LogP contribution in [0.4, 0.5) is 0 Å². The summed E-state index contributed by atoms with van der Waals surface area (Å²) in [6.07, 6.45) is 1.96. The molecule has 0 aromatic rings. The van der Waals surface area contributed by atoms with E-state index in [9.17, 15) is 4.91 Å². The molecule has 0 aromatic carbocycles. The van der Waals surface area contributed by atoms with Crippen LogP contribution in [-0.2, 0) is 4.84 Å². The van der Waals surface area contributed by atoms with Crippen molar-refractivity contribution in [3.8, 4) is 0 Å². The summed E-state index contributed by atoms with van der Waals surface area (Å²) >= 11 is 0. The molecule has 0 aliphatic rings. The molecule has 1 atom stereocenters. The zero-order valence-electron chi connectivity index (χ0n) is 6.83. The van der Waals surface area contributed by atoms with Gasteiger partial charge >= 0.3 is 0 Å². The predicted octanol–water partition coefficient (Wildman–Crippen LogP) is 2.51. The number of nitrogens with zero attached hydrogens (tertiary/aromatic N) is 1. The molecule has 0 spiro atoms. The van der Waals surface area contributed by atoms with Crippen molar-refractivity contribution < 1.29 is 4.84 Å². The summed E-state index contributed by atoms with van der Waals surface area (Å²) in [5, 5.41) is 2.36. The molecule has 0 saturated carbocycles. The molecule has 0 saturated heterocycles. The molecule has 0 fully saturated rings. The van der Waals surface area contributed by atoms with E-state index >= 15 is 0 Å². The topological polar surface area (TPSA) is 38.7 Å². The van der Waals surface area contributed by atoms with Crippen molar-refractivity contribution in [3.63, 3.8) is 0 Å². The molecule has 0 aliphatic carbocycles. The fraction of sp³-hybridized carbons (Fsp3) is 1.00. The van der Waals surface area contributed by atoms with E-state index in [1.165, 1.54) is 0 Å². The first-order valence-corrected chi connectivity index (χ1v) is 3.65. The van der Waals surface area contributed by atoms with Crippen LogP contribution in [0.25, 0.3) is 0 Å². The van der Waals surface area contributed by atoms with Crippen LogP contribution >= 0.6 is 0 Å². The summed E-state index contributed by atoms with van der Waals surface area (Å²) in [5.41, 5.74) is 0. The Morgan fingerprint density at radius 2 is 1.90 bits per heavy atom. The molecule has 0 aromatic heterocycles. The molecule has 3 nitrogen and oxygen atoms in total. The van der Waals surface area contributed by atoms with E-state index in [0.29, 0.717) is 5.92 Å². The number of rotatable bonds is 5. The largest absolute Gasteiger partial charge is 0.361 e. The second-order valence-electron chi connectivity index (χ2n) is 2.96. The van der Waals surface area contributed by atoms with Gasteiger partial charge in [-0.25, -0.2) is 0 Å². The highest BCUT2D eigenvalue weighted by Crippen LogP contribution is 2.08. The van der Waals surface area contributed by atoms with Crippen LogP contribution in [0.3, 0.4) is 0 Å². The quantitative estimate of drug-likeness (QED) is 0.440. The first kappa shape index (κ1) is 9.40. The molecule has 0 aliphatic heterocycles. The first-order valence-electron chi connectivity index (χ1n) is 3.65. The molecule has 0 bridgehead atoms. The highest BCUT2D eigenvalue weighted by molar-refractivity contribution is 4.51. The molecular formula is C7H15NO2. The maximum atomic E-state index is 9.59. The van der Waals surface area contributed by atoms with Gasteiger partial charge in [-0.05, 0) is 25.7 Å². The van der Waals surface area contributed by atoms with E-state index in [-0.39, 0.29) is 6.10 Å². The average Bonchev–Trinajstić information content (AvgIpc) is 1.85. The SMILES string of the molecule is CC(C)CCC(C)ON=O. The Labute approximate surface area is 61.7 Å². The fourth-order valence-corrected chi connectivity index (χ4v) is 0.694. The van der Waals surface area contributed by atoms with Crippen LogP contribution in [0.1, 0.15) is 33.6 Å². The molecular weight excluding hydrogens is 130 g/mol. The molecule has 0 radical (unpaired) electrons. The maximum Gasteiger partial charge on any atom is 0.155 e. The van der Waals surface area contributed by atoms with Crippen molar-refractivity contribution in [2.45, 2.75) is 39.7 Å². The van der Waals surface area contributed by atoms with Gasteiger partial charge in [0.15, 0.2) is 5.34 Å². The van der Waals surface area contributed by atoms with Crippen LogP contribution < -0.4 is 0 Å². The Kier molecular flexibility index (Phi) is 4.89. The van der Waals surface area contributed by atoms with Gasteiger partial charge < -0.3 is 4.84 Å². The average molecular weight is 145 g/mol. The molecule has 3 heteroatoms. The Hall–Kier alpha value is -0.600. The second kappa shape index (κ2) is 5.21. The number of hydrogen-bond acceptors (Lipinski definition) is 3. The summed E-state index contributed by atoms with van der Waals surface area (Å²) in [5.74, 6) is 0.665. The van der Waals surface area contributed by atoms with Crippen molar-refractivity contribution in [2.24, 2.45) is 11.3 Å². The van der Waals surface area contributed by atoms with Gasteiger partial charge in [-0.15, -0.1) is 4.91 Å². The van der Waals surface area contributed by atoms with E-state index in [1.54, 1.807) is 0 Å². The predicted molar refractivity (Wildman–Crippen MR) is 40.4 cm³/mol. The lowest BCUT2D eigenvalue weighted by atomic mass is 10.1. The molecule has 60 valence electrons. The van der Waals surface area contributed by atoms with E-state index in [1.807, 2.05) is 6.92 Å². The van der Waals surface area contributed by atoms with Gasteiger partial charge in [-0.3, -0.25) is 0 Å². The molecule has 0 rings (SSSR count). The fourth-order valence-electron chi connectivity index (χ4n) is 0.694. The Bertz CT molecular complexity index is 93.6. The minimum absolute atomic E-state index is 0.0279. The van der Waals surface area contributed by atoms with Gasteiger partial charge in [0.05, 0.1) is 0 Å². The van der Waals surface area contributed by atoms with Crippen molar-refractivity contribution in [3.05, 3.63) is 4.91 Å². The summed E-state index contributed by atoms with van der Waals surface area (Å²) in [6.45, 7) is 6.13. The zero-order valence-corrected chi connectivity index (χ0v) is 6.83. The van der Waals surface area contributed by atoms with E-state index in [2.05, 4.69) is 24.0 Å². The van der Waals surface area contributed by atoms with Crippen molar-refractivity contribution >= 4 is 0 Å².